The fourth-order valence-corrected chi connectivity index (χ4v) is 10.2. The van der Waals surface area contributed by atoms with Gasteiger partial charge in [0.1, 0.15) is 0 Å². The minimum Gasteiger partial charge on any atom is -0.309 e. The first kappa shape index (κ1) is 41.9. The predicted molar refractivity (Wildman–Crippen MR) is 292 cm³/mol. The minimum atomic E-state index is 0.530. The number of rotatable bonds is 8. The molecule has 0 spiro atoms. The first-order chi connectivity index (χ1) is 35.6. The molecular weight excluding hydrogens is 879 g/mol. The van der Waals surface area contributed by atoms with E-state index in [2.05, 4.69) is 147 Å². The van der Waals surface area contributed by atoms with Gasteiger partial charge in [0, 0.05) is 43.9 Å². The van der Waals surface area contributed by atoms with Crippen molar-refractivity contribution in [2.75, 3.05) is 0 Å². The molecule has 0 unspecified atom stereocenters. The van der Waals surface area contributed by atoms with Crippen molar-refractivity contribution in [2.24, 2.45) is 0 Å². The van der Waals surface area contributed by atoms with Crippen LogP contribution in [0.15, 0.2) is 237 Å². The van der Waals surface area contributed by atoms with Crippen LogP contribution in [0.5, 0.6) is 0 Å². The molecule has 0 aliphatic heterocycles. The molecule has 3 aromatic heterocycles. The lowest BCUT2D eigenvalue weighted by atomic mass is 9.96. The van der Waals surface area contributed by atoms with E-state index in [1.807, 2.05) is 109 Å². The highest BCUT2D eigenvalue weighted by Gasteiger charge is 2.23. The molecule has 10 aromatic carbocycles. The fourth-order valence-electron chi connectivity index (χ4n) is 10.2. The van der Waals surface area contributed by atoms with Gasteiger partial charge in [0.25, 0.3) is 0 Å². The lowest BCUT2D eigenvalue weighted by molar-refractivity contribution is 1.06. The van der Waals surface area contributed by atoms with Crippen LogP contribution < -0.4 is 0 Å². The van der Waals surface area contributed by atoms with Crippen molar-refractivity contribution in [2.45, 2.75) is 0 Å². The third-order valence-electron chi connectivity index (χ3n) is 13.6. The second-order valence-corrected chi connectivity index (χ2v) is 17.8. The van der Waals surface area contributed by atoms with Crippen molar-refractivity contribution in [3.05, 3.63) is 254 Å². The molecule has 334 valence electrons. The summed E-state index contributed by atoms with van der Waals surface area (Å²) >= 11 is 0. The summed E-state index contributed by atoms with van der Waals surface area (Å²) in [5, 5.41) is 14.1. The summed E-state index contributed by atoms with van der Waals surface area (Å²) < 4.78 is 4.70. The Balaban J connectivity index is 1.13. The van der Waals surface area contributed by atoms with Gasteiger partial charge in [-0.2, -0.15) is 5.26 Å². The maximum absolute atomic E-state index is 9.66. The van der Waals surface area contributed by atoms with E-state index >= 15 is 0 Å². The molecule has 0 aliphatic rings. The fraction of sp³-hybridized carbons (Fsp3) is 0. The average molecular weight is 918 g/mol. The van der Waals surface area contributed by atoms with Gasteiger partial charge in [-0.25, -0.2) is 19.8 Å². The summed E-state index contributed by atoms with van der Waals surface area (Å²) in [5.41, 5.74) is 16.2. The summed E-state index contributed by atoms with van der Waals surface area (Å²) in [5.74, 6) is 1.67. The van der Waals surface area contributed by atoms with Gasteiger partial charge >= 0.3 is 0 Å². The smallest absolute Gasteiger partial charge is 0.187 e. The van der Waals surface area contributed by atoms with Gasteiger partial charge in [-0.3, -0.25) is 0 Å². The number of benzene rings is 10. The third kappa shape index (κ3) is 7.17. The number of para-hydroxylation sites is 2. The molecule has 72 heavy (non-hydrogen) atoms. The molecule has 0 N–H and O–H groups in total. The van der Waals surface area contributed by atoms with Gasteiger partial charge in [0.15, 0.2) is 23.2 Å². The summed E-state index contributed by atoms with van der Waals surface area (Å²) in [6.45, 7) is 7.60. The van der Waals surface area contributed by atoms with Gasteiger partial charge in [0.05, 0.1) is 46.0 Å². The Hall–Kier alpha value is -10.2. The Labute approximate surface area is 415 Å². The summed E-state index contributed by atoms with van der Waals surface area (Å²) in [4.78, 5) is 19.6. The van der Waals surface area contributed by atoms with Crippen LogP contribution in [-0.2, 0) is 0 Å². The molecule has 0 aliphatic carbocycles. The quantitative estimate of drug-likeness (QED) is 0.142. The molecule has 0 fully saturated rings. The van der Waals surface area contributed by atoms with E-state index in [1.165, 1.54) is 0 Å². The highest BCUT2D eigenvalue weighted by Crippen LogP contribution is 2.44. The number of fused-ring (bicyclic) bond motifs is 6. The predicted octanol–water partition coefficient (Wildman–Crippen LogP) is 16.5. The van der Waals surface area contributed by atoms with E-state index in [9.17, 15) is 5.26 Å². The first-order valence-electron chi connectivity index (χ1n) is 23.8. The standard InChI is InChI=1S/C65H39N7/c1-67-50-33-28-44(29-34-50)48-31-36-54-53-35-30-47(43-26-24-42(41-66)25-27-43)39-60(53)72(61(54)40-48)58-37-32-49(52-21-13-23-59-62(52)55-20-11-12-22-57(55)71(59)51-18-9-4-10-19-51)38-56(58)65-69-63(45-14-5-2-6-15-45)68-64(70-65)46-16-7-3-8-17-46/h2-40H. The topological polar surface area (TPSA) is 76.7 Å². The van der Waals surface area contributed by atoms with E-state index in [1.54, 1.807) is 0 Å². The number of nitrogens with zero attached hydrogens (tertiary/aromatic N) is 7. The average Bonchev–Trinajstić information content (AvgIpc) is 3.98. The Morgan fingerprint density at radius 1 is 0.375 bits per heavy atom. The van der Waals surface area contributed by atoms with Crippen molar-refractivity contribution in [3.8, 4) is 85.0 Å². The molecule has 0 saturated heterocycles. The second kappa shape index (κ2) is 17.4. The van der Waals surface area contributed by atoms with Crippen LogP contribution in [0.2, 0.25) is 0 Å². The zero-order valence-electron chi connectivity index (χ0n) is 38.6. The molecule has 13 aromatic rings. The Morgan fingerprint density at radius 3 is 1.51 bits per heavy atom. The largest absolute Gasteiger partial charge is 0.309 e. The van der Waals surface area contributed by atoms with Gasteiger partial charge in [0.2, 0.25) is 0 Å². The molecule has 3 heterocycles. The van der Waals surface area contributed by atoms with Crippen molar-refractivity contribution >= 4 is 49.3 Å². The third-order valence-corrected chi connectivity index (χ3v) is 13.6. The van der Waals surface area contributed by atoms with E-state index < -0.39 is 0 Å². The molecule has 7 nitrogen and oxygen atoms in total. The highest BCUT2D eigenvalue weighted by atomic mass is 15.1. The van der Waals surface area contributed by atoms with Crippen LogP contribution in [0, 0.1) is 17.9 Å². The maximum Gasteiger partial charge on any atom is 0.187 e. The van der Waals surface area contributed by atoms with Gasteiger partial charge in [-0.15, -0.1) is 0 Å². The first-order valence-corrected chi connectivity index (χ1v) is 23.8. The number of hydrogen-bond donors (Lipinski definition) is 0. The van der Waals surface area contributed by atoms with Crippen LogP contribution in [0.4, 0.5) is 5.69 Å². The van der Waals surface area contributed by atoms with Crippen LogP contribution in [0.25, 0.3) is 127 Å². The maximum atomic E-state index is 9.66. The van der Waals surface area contributed by atoms with Crippen molar-refractivity contribution in [1.82, 2.24) is 24.1 Å². The molecule has 0 atom stereocenters. The van der Waals surface area contributed by atoms with Gasteiger partial charge in [-0.05, 0) is 94.0 Å². The van der Waals surface area contributed by atoms with Gasteiger partial charge < -0.3 is 9.13 Å². The summed E-state index contributed by atoms with van der Waals surface area (Å²) in [6, 6.07) is 83.7. The molecule has 13 rings (SSSR count). The van der Waals surface area contributed by atoms with Crippen molar-refractivity contribution in [3.63, 3.8) is 0 Å². The molecule has 0 saturated carbocycles. The molecule has 7 heteroatoms. The zero-order valence-corrected chi connectivity index (χ0v) is 38.6. The van der Waals surface area contributed by atoms with Crippen LogP contribution in [0.1, 0.15) is 5.56 Å². The van der Waals surface area contributed by atoms with E-state index in [0.717, 1.165) is 105 Å². The van der Waals surface area contributed by atoms with Crippen LogP contribution in [-0.4, -0.2) is 24.1 Å². The Kier molecular flexibility index (Phi) is 10.1. The van der Waals surface area contributed by atoms with Crippen LogP contribution >= 0.6 is 0 Å². The highest BCUT2D eigenvalue weighted by molar-refractivity contribution is 6.16. The van der Waals surface area contributed by atoms with E-state index in [0.29, 0.717) is 28.7 Å². The molecule has 0 bridgehead atoms. The lowest BCUT2D eigenvalue weighted by Crippen LogP contribution is -2.04. The SMILES string of the molecule is [C-]#[N+]c1ccc(-c2ccc3c4ccc(-c5ccc(C#N)cc5)cc4n(-c4ccc(-c5cccc6c5c5ccccc5n6-c5ccccc5)cc4-c4nc(-c5ccccc5)nc(-c5ccccc5)n4)c3c2)cc1. The second-order valence-electron chi connectivity index (χ2n) is 17.8. The Bertz CT molecular complexity index is 4140. The number of hydrogen-bond acceptors (Lipinski definition) is 4. The van der Waals surface area contributed by atoms with Crippen LogP contribution in [0.3, 0.4) is 0 Å². The van der Waals surface area contributed by atoms with E-state index in [-0.39, 0.29) is 0 Å². The zero-order chi connectivity index (χ0) is 48.1. The Morgan fingerprint density at radius 2 is 0.903 bits per heavy atom. The molecule has 0 amide bonds. The van der Waals surface area contributed by atoms with Crippen molar-refractivity contribution in [1.29, 1.82) is 5.26 Å². The lowest BCUT2D eigenvalue weighted by Gasteiger charge is -2.17. The summed E-state index contributed by atoms with van der Waals surface area (Å²) in [7, 11) is 0. The van der Waals surface area contributed by atoms with Crippen molar-refractivity contribution < 1.29 is 0 Å². The normalized spacial score (nSPS) is 11.3. The molecule has 0 radical (unpaired) electrons. The monoisotopic (exact) mass is 917 g/mol. The number of nitriles is 1. The molecular formula is C65H39N7. The number of aromatic nitrogens is 5. The van der Waals surface area contributed by atoms with E-state index in [4.69, 9.17) is 21.5 Å². The minimum absolute atomic E-state index is 0.530. The summed E-state index contributed by atoms with van der Waals surface area (Å²) in [6.07, 6.45) is 0. The van der Waals surface area contributed by atoms with Gasteiger partial charge in [-0.1, -0.05) is 176 Å².